The number of thiophene rings is 1. The Labute approximate surface area is 102 Å². The molecule has 1 unspecified atom stereocenters. The molecule has 1 aliphatic carbocycles. The van der Waals surface area contributed by atoms with Crippen LogP contribution in [0, 0.1) is 0 Å². The highest BCUT2D eigenvalue weighted by Gasteiger charge is 2.25. The maximum Gasteiger partial charge on any atom is 0.134 e. The quantitative estimate of drug-likeness (QED) is 0.852. The molecule has 1 atom stereocenters. The second-order valence-corrected chi connectivity index (χ2v) is 5.99. The fourth-order valence-corrected chi connectivity index (χ4v) is 3.50. The van der Waals surface area contributed by atoms with E-state index in [2.05, 4.69) is 39.3 Å². The smallest absolute Gasteiger partial charge is 0.134 e. The third kappa shape index (κ3) is 2.89. The molecule has 15 heavy (non-hydrogen) atoms. The lowest BCUT2D eigenvalue weighted by Crippen LogP contribution is -2.28. The van der Waals surface area contributed by atoms with Crippen molar-refractivity contribution in [2.24, 2.45) is 0 Å². The molecule has 1 saturated carbocycles. The first kappa shape index (κ1) is 11.3. The van der Waals surface area contributed by atoms with Crippen LogP contribution in [0.25, 0.3) is 0 Å². The summed E-state index contributed by atoms with van der Waals surface area (Å²) in [6.07, 6.45) is 2.54. The molecule has 4 heteroatoms. The predicted molar refractivity (Wildman–Crippen MR) is 66.1 cm³/mol. The van der Waals surface area contributed by atoms with Crippen molar-refractivity contribution < 1.29 is 4.79 Å². The van der Waals surface area contributed by atoms with Crippen molar-refractivity contribution in [3.8, 4) is 0 Å². The summed E-state index contributed by atoms with van der Waals surface area (Å²) in [6.45, 7) is 0.953. The molecular weight excluding hydrogens is 274 g/mol. The lowest BCUT2D eigenvalue weighted by molar-refractivity contribution is -0.117. The predicted octanol–water partition coefficient (Wildman–Crippen LogP) is 3.06. The van der Waals surface area contributed by atoms with Crippen molar-refractivity contribution in [2.45, 2.75) is 31.8 Å². The fourth-order valence-electron chi connectivity index (χ4n) is 1.98. The Bertz CT molecular complexity index is 363. The van der Waals surface area contributed by atoms with E-state index in [-0.39, 0.29) is 0 Å². The van der Waals surface area contributed by atoms with E-state index in [1.807, 2.05) is 0 Å². The molecule has 0 aliphatic heterocycles. The zero-order chi connectivity index (χ0) is 10.8. The summed E-state index contributed by atoms with van der Waals surface area (Å²) in [6, 6.07) is 2.61. The number of halogens is 1. The van der Waals surface area contributed by atoms with Gasteiger partial charge in [0.15, 0.2) is 0 Å². The van der Waals surface area contributed by atoms with Gasteiger partial charge < -0.3 is 0 Å². The van der Waals surface area contributed by atoms with Crippen LogP contribution in [-0.4, -0.2) is 23.8 Å². The van der Waals surface area contributed by atoms with Crippen LogP contribution in [0.15, 0.2) is 15.9 Å². The zero-order valence-electron chi connectivity index (χ0n) is 8.70. The molecule has 1 aliphatic rings. The van der Waals surface area contributed by atoms with Gasteiger partial charge in [-0.1, -0.05) is 0 Å². The number of carbonyl (C=O) groups is 1. The molecule has 0 saturated heterocycles. The largest absolute Gasteiger partial charge is 0.300 e. The number of carbonyl (C=O) groups excluding carboxylic acids is 1. The molecular formula is C11H14BrNOS. The van der Waals surface area contributed by atoms with Crippen molar-refractivity contribution in [1.82, 2.24) is 4.90 Å². The number of Topliss-reactive ketones (excluding diaryl/α,β-unsaturated/α-hetero) is 1. The Morgan fingerprint density at radius 2 is 2.47 bits per heavy atom. The zero-order valence-corrected chi connectivity index (χ0v) is 11.1. The van der Waals surface area contributed by atoms with Gasteiger partial charge in [-0.05, 0) is 35.5 Å². The van der Waals surface area contributed by atoms with Crippen molar-refractivity contribution >= 4 is 33.0 Å². The fraction of sp³-hybridized carbons (Fsp3) is 0.545. The first-order chi connectivity index (χ1) is 7.15. The molecule has 2 rings (SSSR count). The number of rotatable bonds is 3. The van der Waals surface area contributed by atoms with Gasteiger partial charge in [0.2, 0.25) is 0 Å². The Morgan fingerprint density at radius 3 is 3.00 bits per heavy atom. The van der Waals surface area contributed by atoms with Crippen LogP contribution >= 0.6 is 27.3 Å². The Balaban J connectivity index is 1.92. The highest BCUT2D eigenvalue weighted by Crippen LogP contribution is 2.25. The molecule has 0 aromatic carbocycles. The monoisotopic (exact) mass is 287 g/mol. The SMILES string of the molecule is CN(Cc1cc(Br)cs1)C1CCC(=O)C1. The minimum absolute atomic E-state index is 0.416. The van der Waals surface area contributed by atoms with E-state index in [0.717, 1.165) is 30.3 Å². The molecule has 0 radical (unpaired) electrons. The second kappa shape index (κ2) is 4.76. The van der Waals surface area contributed by atoms with E-state index in [9.17, 15) is 4.79 Å². The Hall–Kier alpha value is -0.190. The normalized spacial score (nSPS) is 21.5. The molecule has 1 aromatic rings. The second-order valence-electron chi connectivity index (χ2n) is 4.08. The maximum absolute atomic E-state index is 11.2. The molecule has 0 spiro atoms. The number of hydrogen-bond acceptors (Lipinski definition) is 3. The summed E-state index contributed by atoms with van der Waals surface area (Å²) < 4.78 is 1.15. The van der Waals surface area contributed by atoms with E-state index in [1.165, 1.54) is 4.88 Å². The van der Waals surface area contributed by atoms with Gasteiger partial charge in [-0.2, -0.15) is 0 Å². The van der Waals surface area contributed by atoms with Crippen LogP contribution in [0.3, 0.4) is 0 Å². The average molecular weight is 288 g/mol. The highest BCUT2D eigenvalue weighted by molar-refractivity contribution is 9.10. The van der Waals surface area contributed by atoms with Gasteiger partial charge >= 0.3 is 0 Å². The van der Waals surface area contributed by atoms with E-state index >= 15 is 0 Å². The molecule has 0 N–H and O–H groups in total. The molecule has 1 aromatic heterocycles. The van der Waals surface area contributed by atoms with Crippen LogP contribution in [0.1, 0.15) is 24.1 Å². The lowest BCUT2D eigenvalue weighted by Gasteiger charge is -2.22. The summed E-state index contributed by atoms with van der Waals surface area (Å²) in [5, 5.41) is 2.10. The van der Waals surface area contributed by atoms with E-state index < -0.39 is 0 Å². The lowest BCUT2D eigenvalue weighted by atomic mass is 10.2. The van der Waals surface area contributed by atoms with Crippen molar-refractivity contribution in [1.29, 1.82) is 0 Å². The van der Waals surface area contributed by atoms with Gasteiger partial charge in [0.05, 0.1) is 0 Å². The third-order valence-electron chi connectivity index (χ3n) is 2.87. The molecule has 1 heterocycles. The van der Waals surface area contributed by atoms with Crippen molar-refractivity contribution in [3.63, 3.8) is 0 Å². The van der Waals surface area contributed by atoms with Crippen LogP contribution in [-0.2, 0) is 11.3 Å². The minimum atomic E-state index is 0.416. The first-order valence-electron chi connectivity index (χ1n) is 5.10. The van der Waals surface area contributed by atoms with E-state index in [4.69, 9.17) is 0 Å². The van der Waals surface area contributed by atoms with Crippen molar-refractivity contribution in [2.75, 3.05) is 7.05 Å². The molecule has 2 nitrogen and oxygen atoms in total. The summed E-state index contributed by atoms with van der Waals surface area (Å²) in [4.78, 5) is 14.8. The van der Waals surface area contributed by atoms with E-state index in [1.54, 1.807) is 11.3 Å². The average Bonchev–Trinajstić information content (AvgIpc) is 2.75. The van der Waals surface area contributed by atoms with Gasteiger partial charge in [0, 0.05) is 40.2 Å². The van der Waals surface area contributed by atoms with Gasteiger partial charge in [-0.3, -0.25) is 9.69 Å². The first-order valence-corrected chi connectivity index (χ1v) is 6.77. The van der Waals surface area contributed by atoms with Gasteiger partial charge in [0.1, 0.15) is 5.78 Å². The molecule has 1 fully saturated rings. The third-order valence-corrected chi connectivity index (χ3v) is 4.55. The minimum Gasteiger partial charge on any atom is -0.300 e. The highest BCUT2D eigenvalue weighted by atomic mass is 79.9. The van der Waals surface area contributed by atoms with E-state index in [0.29, 0.717) is 11.8 Å². The van der Waals surface area contributed by atoms with Gasteiger partial charge in [0.25, 0.3) is 0 Å². The molecule has 0 bridgehead atoms. The maximum atomic E-state index is 11.2. The van der Waals surface area contributed by atoms with Gasteiger partial charge in [-0.15, -0.1) is 11.3 Å². The standard InChI is InChI=1S/C11H14BrNOS/c1-13(9-2-3-10(14)5-9)6-11-4-8(12)7-15-11/h4,7,9H,2-3,5-6H2,1H3. The van der Waals surface area contributed by atoms with Crippen LogP contribution in [0.5, 0.6) is 0 Å². The topological polar surface area (TPSA) is 20.3 Å². The molecule has 0 amide bonds. The number of hydrogen-bond donors (Lipinski definition) is 0. The summed E-state index contributed by atoms with van der Waals surface area (Å²) >= 11 is 5.22. The summed E-state index contributed by atoms with van der Waals surface area (Å²) in [5.74, 6) is 0.416. The molecule has 82 valence electrons. The van der Waals surface area contributed by atoms with Crippen LogP contribution in [0.4, 0.5) is 0 Å². The summed E-state index contributed by atoms with van der Waals surface area (Å²) in [7, 11) is 2.11. The number of nitrogens with zero attached hydrogens (tertiary/aromatic N) is 1. The van der Waals surface area contributed by atoms with Crippen molar-refractivity contribution in [3.05, 3.63) is 20.8 Å². The Kier molecular flexibility index (Phi) is 3.59. The Morgan fingerprint density at radius 1 is 1.67 bits per heavy atom. The number of ketones is 1. The van der Waals surface area contributed by atoms with Crippen LogP contribution in [0.2, 0.25) is 0 Å². The van der Waals surface area contributed by atoms with Gasteiger partial charge in [-0.25, -0.2) is 0 Å². The van der Waals surface area contributed by atoms with Crippen LogP contribution < -0.4 is 0 Å². The summed E-state index contributed by atoms with van der Waals surface area (Å²) in [5.41, 5.74) is 0.